The molecule has 18 heteroatoms. The van der Waals surface area contributed by atoms with Gasteiger partial charge in [-0.05, 0) is 24.6 Å². The van der Waals surface area contributed by atoms with E-state index in [9.17, 15) is 8.42 Å². The van der Waals surface area contributed by atoms with E-state index in [1.807, 2.05) is 6.92 Å². The molecule has 0 saturated carbocycles. The van der Waals surface area contributed by atoms with E-state index in [-0.39, 0.29) is 18.1 Å². The average molecular weight is 726 g/mol. The molecule has 0 amide bonds. The Labute approximate surface area is 290 Å². The minimum absolute atomic E-state index is 0.0637. The van der Waals surface area contributed by atoms with Crippen LogP contribution < -0.4 is 0 Å². The Morgan fingerprint density at radius 2 is 0.735 bits per heavy atom. The van der Waals surface area contributed by atoms with Gasteiger partial charge in [0.05, 0.1) is 157 Å². The summed E-state index contributed by atoms with van der Waals surface area (Å²) in [6.45, 7) is 11.7. The maximum Gasteiger partial charge on any atom is 0.297 e. The first-order chi connectivity index (χ1) is 24.1. The second-order valence-corrected chi connectivity index (χ2v) is 11.4. The van der Waals surface area contributed by atoms with Gasteiger partial charge >= 0.3 is 0 Å². The second kappa shape index (κ2) is 34.4. The number of azide groups is 1. The first kappa shape index (κ1) is 45.0. The molecule has 0 aromatic heterocycles. The predicted octanol–water partition coefficient (Wildman–Crippen LogP) is 2.19. The summed E-state index contributed by atoms with van der Waals surface area (Å²) in [4.78, 5) is 2.76. The Morgan fingerprint density at radius 3 is 1.02 bits per heavy atom. The van der Waals surface area contributed by atoms with Gasteiger partial charge in [0.2, 0.25) is 0 Å². The molecule has 0 bridgehead atoms. The summed E-state index contributed by atoms with van der Waals surface area (Å²) in [5.74, 6) is 0. The minimum Gasteiger partial charge on any atom is -0.379 e. The van der Waals surface area contributed by atoms with E-state index < -0.39 is 10.1 Å². The van der Waals surface area contributed by atoms with Crippen molar-refractivity contribution in [2.75, 3.05) is 159 Å². The van der Waals surface area contributed by atoms with Crippen molar-refractivity contribution < 1.29 is 64.7 Å². The van der Waals surface area contributed by atoms with Gasteiger partial charge in [-0.2, -0.15) is 8.42 Å². The van der Waals surface area contributed by atoms with Crippen LogP contribution in [-0.4, -0.2) is 167 Å². The van der Waals surface area contributed by atoms with Crippen molar-refractivity contribution in [1.29, 1.82) is 0 Å². The largest absolute Gasteiger partial charge is 0.379 e. The average Bonchev–Trinajstić information content (AvgIpc) is 3.09. The summed E-state index contributed by atoms with van der Waals surface area (Å²) in [6, 6.07) is 6.47. The van der Waals surface area contributed by atoms with E-state index in [4.69, 9.17) is 61.8 Å². The lowest BCUT2D eigenvalue weighted by Crippen LogP contribution is -2.16. The number of nitrogens with zero attached hydrogens (tertiary/aromatic N) is 3. The van der Waals surface area contributed by atoms with E-state index in [2.05, 4.69) is 10.0 Å². The van der Waals surface area contributed by atoms with Gasteiger partial charge in [0.1, 0.15) is 0 Å². The zero-order chi connectivity index (χ0) is 35.4. The molecule has 17 nitrogen and oxygen atoms in total. The highest BCUT2D eigenvalue weighted by Crippen LogP contribution is 2.12. The fourth-order valence-corrected chi connectivity index (χ4v) is 4.32. The van der Waals surface area contributed by atoms with E-state index in [0.29, 0.717) is 145 Å². The van der Waals surface area contributed by atoms with Crippen LogP contribution in [0.2, 0.25) is 0 Å². The fourth-order valence-electron chi connectivity index (χ4n) is 3.43. The topological polar surface area (TPSA) is 194 Å². The highest BCUT2D eigenvalue weighted by atomic mass is 32.2. The third-order valence-corrected chi connectivity index (χ3v) is 7.22. The molecule has 0 fully saturated rings. The zero-order valence-electron chi connectivity index (χ0n) is 28.7. The predicted molar refractivity (Wildman–Crippen MR) is 177 cm³/mol. The molecule has 1 aromatic carbocycles. The molecule has 0 unspecified atom stereocenters. The van der Waals surface area contributed by atoms with Crippen LogP contribution in [0.15, 0.2) is 34.3 Å². The van der Waals surface area contributed by atoms with Gasteiger partial charge < -0.3 is 52.1 Å². The third kappa shape index (κ3) is 30.5. The summed E-state index contributed by atoms with van der Waals surface area (Å²) in [7, 11) is -3.78. The SMILES string of the molecule is Cc1ccc(S(=O)(=O)OCCOCCOCCOCCOCCOCCOCCOCCOCCOCCOCCOCCN=[N+]=[N-])cc1. The normalized spacial score (nSPS) is 11.6. The summed E-state index contributed by atoms with van der Waals surface area (Å²) in [5.41, 5.74) is 9.11. The van der Waals surface area contributed by atoms with Crippen molar-refractivity contribution in [3.8, 4) is 0 Å². The van der Waals surface area contributed by atoms with Gasteiger partial charge in [0, 0.05) is 11.5 Å². The lowest BCUT2D eigenvalue weighted by Gasteiger charge is -2.09. The number of rotatable bonds is 38. The van der Waals surface area contributed by atoms with Crippen LogP contribution in [0.4, 0.5) is 0 Å². The smallest absolute Gasteiger partial charge is 0.297 e. The monoisotopic (exact) mass is 725 g/mol. The summed E-state index contributed by atoms with van der Waals surface area (Å²) < 4.78 is 88.6. The van der Waals surface area contributed by atoms with Crippen molar-refractivity contribution in [2.45, 2.75) is 11.8 Å². The van der Waals surface area contributed by atoms with E-state index in [0.717, 1.165) is 5.56 Å². The van der Waals surface area contributed by atoms with Gasteiger partial charge in [-0.15, -0.1) is 0 Å². The molecule has 0 atom stereocenters. The number of hydrogen-bond donors (Lipinski definition) is 0. The molecule has 0 aliphatic rings. The molecular weight excluding hydrogens is 670 g/mol. The lowest BCUT2D eigenvalue weighted by molar-refractivity contribution is -0.0276. The van der Waals surface area contributed by atoms with Gasteiger partial charge in [-0.25, -0.2) is 0 Å². The number of aryl methyl sites for hydroxylation is 1. The van der Waals surface area contributed by atoms with E-state index in [1.54, 1.807) is 12.1 Å². The summed E-state index contributed by atoms with van der Waals surface area (Å²) in [6.07, 6.45) is 0. The summed E-state index contributed by atoms with van der Waals surface area (Å²) in [5, 5.41) is 3.37. The highest BCUT2D eigenvalue weighted by molar-refractivity contribution is 7.86. The maximum atomic E-state index is 12.1. The minimum atomic E-state index is -3.78. The van der Waals surface area contributed by atoms with Crippen LogP contribution in [0.25, 0.3) is 10.4 Å². The molecule has 49 heavy (non-hydrogen) atoms. The van der Waals surface area contributed by atoms with Crippen LogP contribution in [0.3, 0.4) is 0 Å². The molecule has 0 heterocycles. The molecule has 0 N–H and O–H groups in total. The van der Waals surface area contributed by atoms with Gasteiger partial charge in [0.25, 0.3) is 10.1 Å². The standard InChI is InChI=1S/C31H55N3O14S/c1-30-2-4-31(5-3-30)49(35,36)48-29-28-47-27-26-46-25-24-45-23-22-44-21-20-43-19-18-42-17-16-41-15-14-40-13-12-39-11-10-38-9-8-37-7-6-33-34-32/h2-5H,6-29H2,1H3. The maximum absolute atomic E-state index is 12.1. The molecule has 0 saturated heterocycles. The molecule has 284 valence electrons. The summed E-state index contributed by atoms with van der Waals surface area (Å²) >= 11 is 0. The van der Waals surface area contributed by atoms with Gasteiger partial charge in [0.15, 0.2) is 0 Å². The van der Waals surface area contributed by atoms with Crippen LogP contribution in [0.5, 0.6) is 0 Å². The number of ether oxygens (including phenoxy) is 11. The van der Waals surface area contributed by atoms with E-state index >= 15 is 0 Å². The van der Waals surface area contributed by atoms with Crippen LogP contribution >= 0.6 is 0 Å². The quantitative estimate of drug-likeness (QED) is 0.0317. The Morgan fingerprint density at radius 1 is 0.469 bits per heavy atom. The molecule has 1 rings (SSSR count). The number of hydrogen-bond acceptors (Lipinski definition) is 15. The number of benzene rings is 1. The molecular formula is C31H55N3O14S. The van der Waals surface area contributed by atoms with Crippen molar-refractivity contribution in [3.63, 3.8) is 0 Å². The molecule has 0 aliphatic carbocycles. The Kier molecular flexibility index (Phi) is 31.7. The van der Waals surface area contributed by atoms with Crippen LogP contribution in [-0.2, 0) is 66.4 Å². The van der Waals surface area contributed by atoms with Crippen LogP contribution in [0.1, 0.15) is 5.56 Å². The van der Waals surface area contributed by atoms with Crippen molar-refractivity contribution in [2.24, 2.45) is 5.11 Å². The van der Waals surface area contributed by atoms with E-state index in [1.165, 1.54) is 12.1 Å². The second-order valence-electron chi connectivity index (χ2n) is 9.78. The Balaban J connectivity index is 1.67. The molecule has 1 aromatic rings. The zero-order valence-corrected chi connectivity index (χ0v) is 29.6. The van der Waals surface area contributed by atoms with Gasteiger partial charge in [-0.1, -0.05) is 22.8 Å². The van der Waals surface area contributed by atoms with Crippen molar-refractivity contribution >= 4 is 10.1 Å². The molecule has 0 spiro atoms. The molecule has 0 radical (unpaired) electrons. The van der Waals surface area contributed by atoms with Crippen molar-refractivity contribution in [1.82, 2.24) is 0 Å². The highest BCUT2D eigenvalue weighted by Gasteiger charge is 2.14. The Bertz CT molecular complexity index is 1020. The first-order valence-electron chi connectivity index (χ1n) is 16.4. The molecule has 0 aliphatic heterocycles. The Hall–Kier alpha value is -2.00. The van der Waals surface area contributed by atoms with Crippen molar-refractivity contribution in [3.05, 3.63) is 40.3 Å². The lowest BCUT2D eigenvalue weighted by atomic mass is 10.2. The fraction of sp³-hybridized carbons (Fsp3) is 0.806. The van der Waals surface area contributed by atoms with Gasteiger partial charge in [-0.3, -0.25) is 4.18 Å². The first-order valence-corrected chi connectivity index (χ1v) is 17.8. The third-order valence-electron chi connectivity index (χ3n) is 5.89. The van der Waals surface area contributed by atoms with Crippen LogP contribution in [0, 0.1) is 6.92 Å².